The van der Waals surface area contributed by atoms with E-state index in [4.69, 9.17) is 4.74 Å². The van der Waals surface area contributed by atoms with Crippen LogP contribution in [-0.4, -0.2) is 32.7 Å². The van der Waals surface area contributed by atoms with Crippen LogP contribution in [0.1, 0.15) is 31.7 Å². The van der Waals surface area contributed by atoms with E-state index in [2.05, 4.69) is 48.7 Å². The van der Waals surface area contributed by atoms with Gasteiger partial charge in [0.05, 0.1) is 6.61 Å². The van der Waals surface area contributed by atoms with Gasteiger partial charge < -0.3 is 15.4 Å². The zero-order chi connectivity index (χ0) is 14.1. The molecule has 0 saturated carbocycles. The Morgan fingerprint density at radius 1 is 1.21 bits per heavy atom. The summed E-state index contributed by atoms with van der Waals surface area (Å²) in [6.45, 7) is 6.10. The fraction of sp³-hybridized carbons (Fsp3) is 0.533. The molecule has 0 unspecified atom stereocenters. The fourth-order valence-electron chi connectivity index (χ4n) is 1.69. The number of hydrogen-bond donors (Lipinski definition) is 2. The molecule has 0 aliphatic heterocycles. The maximum absolute atomic E-state index is 11.4. The van der Waals surface area contributed by atoms with Crippen molar-refractivity contribution in [3.8, 4) is 0 Å². The van der Waals surface area contributed by atoms with Crippen LogP contribution in [0.5, 0.6) is 0 Å². The van der Waals surface area contributed by atoms with Gasteiger partial charge in [0.15, 0.2) is 0 Å². The minimum absolute atomic E-state index is 0.0448. The van der Waals surface area contributed by atoms with E-state index in [1.807, 2.05) is 0 Å². The van der Waals surface area contributed by atoms with Crippen LogP contribution in [-0.2, 0) is 9.53 Å². The van der Waals surface area contributed by atoms with E-state index >= 15 is 0 Å². The summed E-state index contributed by atoms with van der Waals surface area (Å²) in [6, 6.07) is 8.34. The molecule has 4 heteroatoms. The van der Waals surface area contributed by atoms with Gasteiger partial charge in [-0.1, -0.05) is 26.0 Å². The van der Waals surface area contributed by atoms with Crippen LogP contribution in [0, 0.1) is 0 Å². The smallest absolute Gasteiger partial charge is 0.221 e. The number of methoxy groups -OCH3 is 1. The van der Waals surface area contributed by atoms with Crippen molar-refractivity contribution in [2.24, 2.45) is 0 Å². The standard InChI is InChI=1S/C15H24N2O2/c1-12(2)13-4-6-14(7-5-13)16-9-8-15(18)17-10-11-19-3/h4-7,12,16H,8-11H2,1-3H3,(H,17,18). The third kappa shape index (κ3) is 6.25. The van der Waals surface area contributed by atoms with E-state index < -0.39 is 0 Å². The van der Waals surface area contributed by atoms with Crippen LogP contribution in [0.2, 0.25) is 0 Å². The average Bonchev–Trinajstić information content (AvgIpc) is 2.39. The molecule has 0 fully saturated rings. The first-order valence-corrected chi connectivity index (χ1v) is 6.73. The van der Waals surface area contributed by atoms with Gasteiger partial charge in [-0.25, -0.2) is 0 Å². The number of hydrogen-bond acceptors (Lipinski definition) is 3. The number of carbonyl (C=O) groups is 1. The first-order valence-electron chi connectivity index (χ1n) is 6.73. The van der Waals surface area contributed by atoms with Gasteiger partial charge in [0.25, 0.3) is 0 Å². The zero-order valence-electron chi connectivity index (χ0n) is 12.0. The van der Waals surface area contributed by atoms with Gasteiger partial charge in [0.1, 0.15) is 0 Å². The summed E-state index contributed by atoms with van der Waals surface area (Å²) in [6.07, 6.45) is 0.468. The Morgan fingerprint density at radius 2 is 1.89 bits per heavy atom. The second-order valence-electron chi connectivity index (χ2n) is 4.80. The zero-order valence-corrected chi connectivity index (χ0v) is 12.0. The van der Waals surface area contributed by atoms with Crippen molar-refractivity contribution < 1.29 is 9.53 Å². The number of ether oxygens (including phenoxy) is 1. The van der Waals surface area contributed by atoms with E-state index in [0.717, 1.165) is 5.69 Å². The lowest BCUT2D eigenvalue weighted by atomic mass is 10.0. The molecule has 0 heterocycles. The molecule has 1 aromatic rings. The van der Waals surface area contributed by atoms with Crippen molar-refractivity contribution >= 4 is 11.6 Å². The molecule has 19 heavy (non-hydrogen) atoms. The Kier molecular flexibility index (Phi) is 6.97. The quantitative estimate of drug-likeness (QED) is 0.709. The van der Waals surface area contributed by atoms with Gasteiger partial charge in [-0.15, -0.1) is 0 Å². The second kappa shape index (κ2) is 8.53. The molecule has 2 N–H and O–H groups in total. The van der Waals surface area contributed by atoms with Crippen LogP contribution < -0.4 is 10.6 Å². The second-order valence-corrected chi connectivity index (χ2v) is 4.80. The Labute approximate surface area is 115 Å². The molecular formula is C15H24N2O2. The molecule has 4 nitrogen and oxygen atoms in total. The lowest BCUT2D eigenvalue weighted by Crippen LogP contribution is -2.28. The van der Waals surface area contributed by atoms with E-state index in [1.54, 1.807) is 7.11 Å². The summed E-state index contributed by atoms with van der Waals surface area (Å²) in [7, 11) is 1.62. The van der Waals surface area contributed by atoms with Gasteiger partial charge in [0, 0.05) is 32.3 Å². The van der Waals surface area contributed by atoms with Gasteiger partial charge >= 0.3 is 0 Å². The van der Waals surface area contributed by atoms with Gasteiger partial charge in [-0.3, -0.25) is 4.79 Å². The van der Waals surface area contributed by atoms with Gasteiger partial charge in [-0.05, 0) is 23.6 Å². The monoisotopic (exact) mass is 264 g/mol. The largest absolute Gasteiger partial charge is 0.385 e. The van der Waals surface area contributed by atoms with Crippen molar-refractivity contribution in [1.29, 1.82) is 0 Å². The molecule has 1 amide bonds. The third-order valence-corrected chi connectivity index (χ3v) is 2.89. The van der Waals surface area contributed by atoms with Crippen molar-refractivity contribution in [3.05, 3.63) is 29.8 Å². The van der Waals surface area contributed by atoms with Crippen LogP contribution in [0.3, 0.4) is 0 Å². The maximum atomic E-state index is 11.4. The number of benzene rings is 1. The summed E-state index contributed by atoms with van der Waals surface area (Å²) in [5.74, 6) is 0.587. The first-order chi connectivity index (χ1) is 9.13. The summed E-state index contributed by atoms with van der Waals surface area (Å²) in [5.41, 5.74) is 2.37. The number of carbonyl (C=O) groups excluding carboxylic acids is 1. The molecule has 1 rings (SSSR count). The highest BCUT2D eigenvalue weighted by Gasteiger charge is 2.01. The average molecular weight is 264 g/mol. The van der Waals surface area contributed by atoms with Crippen LogP contribution in [0.25, 0.3) is 0 Å². The molecular weight excluding hydrogens is 240 g/mol. The molecule has 0 aliphatic rings. The molecule has 0 spiro atoms. The summed E-state index contributed by atoms with van der Waals surface area (Å²) < 4.78 is 4.87. The summed E-state index contributed by atoms with van der Waals surface area (Å²) >= 11 is 0. The molecule has 0 aromatic heterocycles. The number of nitrogens with one attached hydrogen (secondary N) is 2. The highest BCUT2D eigenvalue weighted by atomic mass is 16.5. The Hall–Kier alpha value is -1.55. The van der Waals surface area contributed by atoms with Crippen LogP contribution in [0.15, 0.2) is 24.3 Å². The van der Waals surface area contributed by atoms with Gasteiger partial charge in [0.2, 0.25) is 5.91 Å². The van der Waals surface area contributed by atoms with Crippen LogP contribution >= 0.6 is 0 Å². The SMILES string of the molecule is COCCNC(=O)CCNc1ccc(C(C)C)cc1. The van der Waals surface area contributed by atoms with E-state index in [9.17, 15) is 4.79 Å². The summed E-state index contributed by atoms with van der Waals surface area (Å²) in [4.78, 5) is 11.4. The molecule has 0 saturated heterocycles. The predicted octanol–water partition coefficient (Wildman–Crippen LogP) is 2.37. The molecule has 0 atom stereocenters. The molecule has 106 valence electrons. The Balaban J connectivity index is 2.23. The first kappa shape index (κ1) is 15.5. The number of amides is 1. The molecule has 0 radical (unpaired) electrons. The van der Waals surface area contributed by atoms with Crippen molar-refractivity contribution in [3.63, 3.8) is 0 Å². The molecule has 0 bridgehead atoms. The number of rotatable bonds is 8. The minimum atomic E-state index is 0.0448. The lowest BCUT2D eigenvalue weighted by molar-refractivity contribution is -0.121. The van der Waals surface area contributed by atoms with Crippen molar-refractivity contribution in [2.45, 2.75) is 26.2 Å². The Bertz CT molecular complexity index is 374. The third-order valence-electron chi connectivity index (χ3n) is 2.89. The highest BCUT2D eigenvalue weighted by Crippen LogP contribution is 2.16. The molecule has 1 aromatic carbocycles. The van der Waals surface area contributed by atoms with E-state index in [0.29, 0.717) is 32.0 Å². The molecule has 0 aliphatic carbocycles. The number of anilines is 1. The summed E-state index contributed by atoms with van der Waals surface area (Å²) in [5, 5.41) is 6.03. The Morgan fingerprint density at radius 3 is 2.47 bits per heavy atom. The van der Waals surface area contributed by atoms with E-state index in [-0.39, 0.29) is 5.91 Å². The lowest BCUT2D eigenvalue weighted by Gasteiger charge is -2.09. The van der Waals surface area contributed by atoms with Crippen molar-refractivity contribution in [1.82, 2.24) is 5.32 Å². The topological polar surface area (TPSA) is 50.4 Å². The van der Waals surface area contributed by atoms with Crippen molar-refractivity contribution in [2.75, 3.05) is 32.1 Å². The fourth-order valence-corrected chi connectivity index (χ4v) is 1.69. The predicted molar refractivity (Wildman–Crippen MR) is 78.5 cm³/mol. The van der Waals surface area contributed by atoms with Crippen LogP contribution in [0.4, 0.5) is 5.69 Å². The van der Waals surface area contributed by atoms with E-state index in [1.165, 1.54) is 5.56 Å². The highest BCUT2D eigenvalue weighted by molar-refractivity contribution is 5.76. The normalized spacial score (nSPS) is 10.5. The minimum Gasteiger partial charge on any atom is -0.385 e. The van der Waals surface area contributed by atoms with Gasteiger partial charge in [-0.2, -0.15) is 0 Å². The maximum Gasteiger partial charge on any atom is 0.221 e.